The average molecular weight is 261 g/mol. The molecule has 3 nitrogen and oxygen atoms in total. The van der Waals surface area contributed by atoms with Gasteiger partial charge in [-0.05, 0) is 31.0 Å². The molecule has 102 valence electrons. The molecule has 0 aliphatic heterocycles. The second kappa shape index (κ2) is 5.97. The molecule has 0 fully saturated rings. The molecular formula is C15H20FN3. The zero-order valence-electron chi connectivity index (χ0n) is 11.7. The van der Waals surface area contributed by atoms with Gasteiger partial charge in [-0.15, -0.1) is 0 Å². The van der Waals surface area contributed by atoms with Crippen LogP contribution in [0.1, 0.15) is 25.2 Å². The predicted octanol–water partition coefficient (Wildman–Crippen LogP) is 3.07. The summed E-state index contributed by atoms with van der Waals surface area (Å²) < 4.78 is 15.9. The van der Waals surface area contributed by atoms with Crippen molar-refractivity contribution < 1.29 is 4.39 Å². The van der Waals surface area contributed by atoms with Crippen molar-refractivity contribution in [2.45, 2.75) is 27.3 Å². The van der Waals surface area contributed by atoms with E-state index in [0.29, 0.717) is 18.2 Å². The Morgan fingerprint density at radius 2 is 2.16 bits per heavy atom. The van der Waals surface area contributed by atoms with E-state index in [2.05, 4.69) is 24.1 Å². The van der Waals surface area contributed by atoms with Gasteiger partial charge < -0.3 is 9.88 Å². The van der Waals surface area contributed by atoms with Crippen molar-refractivity contribution >= 4 is 0 Å². The van der Waals surface area contributed by atoms with Gasteiger partial charge in [-0.25, -0.2) is 9.37 Å². The summed E-state index contributed by atoms with van der Waals surface area (Å²) in [5.74, 6) is 1.15. The maximum atomic E-state index is 14.1. The Bertz CT molecular complexity index is 546. The first-order valence-electron chi connectivity index (χ1n) is 6.58. The summed E-state index contributed by atoms with van der Waals surface area (Å²) in [6, 6.07) is 5.18. The van der Waals surface area contributed by atoms with Gasteiger partial charge in [0.2, 0.25) is 0 Å². The van der Waals surface area contributed by atoms with Crippen molar-refractivity contribution in [3.05, 3.63) is 47.8 Å². The van der Waals surface area contributed by atoms with Crippen LogP contribution in [0.2, 0.25) is 0 Å². The first kappa shape index (κ1) is 13.7. The molecule has 1 N–H and O–H groups in total. The van der Waals surface area contributed by atoms with Crippen molar-refractivity contribution in [1.29, 1.82) is 0 Å². The molecule has 0 bridgehead atoms. The molecule has 0 aliphatic rings. The van der Waals surface area contributed by atoms with Crippen LogP contribution in [-0.4, -0.2) is 16.1 Å². The average Bonchev–Trinajstić information content (AvgIpc) is 2.75. The van der Waals surface area contributed by atoms with E-state index in [1.807, 2.05) is 13.0 Å². The van der Waals surface area contributed by atoms with Crippen molar-refractivity contribution in [3.63, 3.8) is 0 Å². The summed E-state index contributed by atoms with van der Waals surface area (Å²) in [7, 11) is 0. The molecule has 0 spiro atoms. The van der Waals surface area contributed by atoms with Gasteiger partial charge in [-0.3, -0.25) is 0 Å². The highest BCUT2D eigenvalue weighted by atomic mass is 19.1. The third-order valence-electron chi connectivity index (χ3n) is 3.01. The highest BCUT2D eigenvalue weighted by Gasteiger charge is 2.12. The van der Waals surface area contributed by atoms with Crippen LogP contribution < -0.4 is 5.32 Å². The van der Waals surface area contributed by atoms with Crippen LogP contribution in [0.4, 0.5) is 4.39 Å². The van der Waals surface area contributed by atoms with Crippen LogP contribution in [0.3, 0.4) is 0 Å². The number of nitrogens with zero attached hydrogens (tertiary/aromatic N) is 2. The van der Waals surface area contributed by atoms with E-state index in [1.54, 1.807) is 23.0 Å². The van der Waals surface area contributed by atoms with E-state index < -0.39 is 0 Å². The molecule has 0 aliphatic carbocycles. The summed E-state index contributed by atoms with van der Waals surface area (Å²) >= 11 is 0. The number of benzene rings is 1. The van der Waals surface area contributed by atoms with Crippen LogP contribution in [0, 0.1) is 18.7 Å². The van der Waals surface area contributed by atoms with Crippen molar-refractivity contribution in [3.8, 4) is 5.69 Å². The summed E-state index contributed by atoms with van der Waals surface area (Å²) in [4.78, 5) is 4.16. The van der Waals surface area contributed by atoms with Crippen molar-refractivity contribution in [2.24, 2.45) is 5.92 Å². The van der Waals surface area contributed by atoms with Gasteiger partial charge in [0.25, 0.3) is 0 Å². The van der Waals surface area contributed by atoms with Crippen LogP contribution >= 0.6 is 0 Å². The minimum Gasteiger partial charge on any atom is -0.312 e. The second-order valence-electron chi connectivity index (χ2n) is 5.12. The lowest BCUT2D eigenvalue weighted by Crippen LogP contribution is -2.20. The first-order chi connectivity index (χ1) is 9.09. The highest BCUT2D eigenvalue weighted by Crippen LogP contribution is 2.20. The van der Waals surface area contributed by atoms with Gasteiger partial charge in [0.1, 0.15) is 11.6 Å². The number of nitrogens with one attached hydrogen (secondary N) is 1. The van der Waals surface area contributed by atoms with Gasteiger partial charge in [0, 0.05) is 18.9 Å². The maximum Gasteiger partial charge on any atom is 0.147 e. The van der Waals surface area contributed by atoms with Gasteiger partial charge in [0.15, 0.2) is 0 Å². The first-order valence-corrected chi connectivity index (χ1v) is 6.58. The highest BCUT2D eigenvalue weighted by molar-refractivity contribution is 5.43. The maximum absolute atomic E-state index is 14.1. The second-order valence-corrected chi connectivity index (χ2v) is 5.12. The number of para-hydroxylation sites is 1. The summed E-state index contributed by atoms with van der Waals surface area (Å²) in [5, 5.41) is 3.35. The fourth-order valence-electron chi connectivity index (χ4n) is 2.08. The third kappa shape index (κ3) is 3.20. The lowest BCUT2D eigenvalue weighted by molar-refractivity contribution is 0.548. The Labute approximate surface area is 113 Å². The standard InChI is InChI=1S/C15H20FN3/c1-11(2)9-17-10-13-5-4-6-14(16)15(13)19-8-7-18-12(19)3/h4-8,11,17H,9-10H2,1-3H3. The van der Waals surface area contributed by atoms with E-state index in [1.165, 1.54) is 6.07 Å². The third-order valence-corrected chi connectivity index (χ3v) is 3.01. The number of hydrogen-bond acceptors (Lipinski definition) is 2. The number of aryl methyl sites for hydroxylation is 1. The quantitative estimate of drug-likeness (QED) is 0.896. The van der Waals surface area contributed by atoms with Gasteiger partial charge in [-0.2, -0.15) is 0 Å². The zero-order valence-corrected chi connectivity index (χ0v) is 11.7. The summed E-state index contributed by atoms with van der Waals surface area (Å²) in [6.45, 7) is 7.75. The molecule has 2 rings (SSSR count). The molecule has 0 atom stereocenters. The van der Waals surface area contributed by atoms with Gasteiger partial charge in [0.05, 0.1) is 5.69 Å². The van der Waals surface area contributed by atoms with Gasteiger partial charge >= 0.3 is 0 Å². The number of rotatable bonds is 5. The molecular weight excluding hydrogens is 241 g/mol. The Hall–Kier alpha value is -1.68. The molecule has 2 aromatic rings. The molecule has 4 heteroatoms. The largest absolute Gasteiger partial charge is 0.312 e. The number of aromatic nitrogens is 2. The molecule has 19 heavy (non-hydrogen) atoms. The van der Waals surface area contributed by atoms with E-state index in [-0.39, 0.29) is 5.82 Å². The Morgan fingerprint density at radius 3 is 2.79 bits per heavy atom. The molecule has 1 heterocycles. The number of imidazole rings is 1. The lowest BCUT2D eigenvalue weighted by atomic mass is 10.1. The SMILES string of the molecule is Cc1nccn1-c1c(F)cccc1CNCC(C)C. The van der Waals surface area contributed by atoms with Crippen molar-refractivity contribution in [1.82, 2.24) is 14.9 Å². The Morgan fingerprint density at radius 1 is 1.37 bits per heavy atom. The molecule has 0 saturated carbocycles. The lowest BCUT2D eigenvalue weighted by Gasteiger charge is -2.14. The molecule has 0 saturated heterocycles. The Kier molecular flexibility index (Phi) is 4.32. The van der Waals surface area contributed by atoms with E-state index >= 15 is 0 Å². The summed E-state index contributed by atoms with van der Waals surface area (Å²) in [5.41, 5.74) is 1.54. The molecule has 0 radical (unpaired) electrons. The molecule has 0 amide bonds. The van der Waals surface area contributed by atoms with E-state index in [0.717, 1.165) is 17.9 Å². The van der Waals surface area contributed by atoms with E-state index in [9.17, 15) is 4.39 Å². The Balaban J connectivity index is 2.29. The number of halogens is 1. The molecule has 0 unspecified atom stereocenters. The van der Waals surface area contributed by atoms with E-state index in [4.69, 9.17) is 0 Å². The normalized spacial score (nSPS) is 11.2. The summed E-state index contributed by atoms with van der Waals surface area (Å²) in [6.07, 6.45) is 3.48. The minimum absolute atomic E-state index is 0.218. The van der Waals surface area contributed by atoms with Gasteiger partial charge in [-0.1, -0.05) is 26.0 Å². The van der Waals surface area contributed by atoms with Crippen LogP contribution in [0.5, 0.6) is 0 Å². The minimum atomic E-state index is -0.218. The van der Waals surface area contributed by atoms with Crippen LogP contribution in [0.25, 0.3) is 5.69 Å². The molecule has 1 aromatic heterocycles. The fourth-order valence-corrected chi connectivity index (χ4v) is 2.08. The smallest absolute Gasteiger partial charge is 0.147 e. The van der Waals surface area contributed by atoms with Crippen LogP contribution in [0.15, 0.2) is 30.6 Å². The predicted molar refractivity (Wildman–Crippen MR) is 74.8 cm³/mol. The number of hydrogen-bond donors (Lipinski definition) is 1. The fraction of sp³-hybridized carbons (Fsp3) is 0.400. The zero-order chi connectivity index (χ0) is 13.8. The monoisotopic (exact) mass is 261 g/mol. The molecule has 1 aromatic carbocycles. The van der Waals surface area contributed by atoms with Crippen LogP contribution in [-0.2, 0) is 6.54 Å². The topological polar surface area (TPSA) is 29.9 Å². The van der Waals surface area contributed by atoms with Crippen molar-refractivity contribution in [2.75, 3.05) is 6.54 Å².